The van der Waals surface area contributed by atoms with Crippen LogP contribution in [-0.4, -0.2) is 45.8 Å². The van der Waals surface area contributed by atoms with E-state index in [0.29, 0.717) is 4.43 Å². The second-order valence-corrected chi connectivity index (χ2v) is 4.80. The molecule has 72 valence electrons. The van der Waals surface area contributed by atoms with Crippen molar-refractivity contribution in [2.24, 2.45) is 0 Å². The molecular formula is C5H8BIN2O3S. The van der Waals surface area contributed by atoms with Gasteiger partial charge in [-0.25, -0.2) is 0 Å². The number of alkyl halides is 1. The zero-order chi connectivity index (χ0) is 9.64. The topological polar surface area (TPSA) is 76.6 Å². The fourth-order valence-electron chi connectivity index (χ4n) is 1.52. The van der Waals surface area contributed by atoms with Gasteiger partial charge in [-0.15, -0.1) is 4.72 Å². The van der Waals surface area contributed by atoms with E-state index >= 15 is 0 Å². The molecule has 5 atom stereocenters. The standard InChI is InChI=1S/C5H8BIN2O3S/c6-4-2-3(10)5(1-7,12-4)9-13(11)8-2/h2-4,8-10H,1H2/t2?,3?,4-,5-,13?/m1/s1. The second-order valence-electron chi connectivity index (χ2n) is 3.06. The van der Waals surface area contributed by atoms with Crippen molar-refractivity contribution in [3.05, 3.63) is 0 Å². The minimum absolute atomic E-state index is 0.461. The first-order chi connectivity index (χ1) is 6.09. The summed E-state index contributed by atoms with van der Waals surface area (Å²) in [5.74, 6) is 0. The number of rotatable bonds is 1. The highest BCUT2D eigenvalue weighted by Gasteiger charge is 2.59. The predicted octanol–water partition coefficient (Wildman–Crippen LogP) is -1.86. The van der Waals surface area contributed by atoms with Crippen LogP contribution < -0.4 is 9.44 Å². The molecule has 0 spiro atoms. The summed E-state index contributed by atoms with van der Waals surface area (Å²) >= 11 is 0.668. The first-order valence-corrected chi connectivity index (χ1v) is 6.40. The highest BCUT2D eigenvalue weighted by atomic mass is 127. The maximum Gasteiger partial charge on any atom is 0.198 e. The summed E-state index contributed by atoms with van der Waals surface area (Å²) in [4.78, 5) is 0. The highest BCUT2D eigenvalue weighted by molar-refractivity contribution is 14.1. The third-order valence-electron chi connectivity index (χ3n) is 2.23. The number of nitrogens with one attached hydrogen (secondary N) is 2. The fourth-order valence-corrected chi connectivity index (χ4v) is 3.72. The van der Waals surface area contributed by atoms with Crippen LogP contribution >= 0.6 is 22.6 Å². The van der Waals surface area contributed by atoms with Crippen molar-refractivity contribution in [3.8, 4) is 0 Å². The first-order valence-electron chi connectivity index (χ1n) is 3.72. The molecule has 2 heterocycles. The Morgan fingerprint density at radius 3 is 3.08 bits per heavy atom. The molecule has 0 aromatic heterocycles. The average Bonchev–Trinajstić information content (AvgIpc) is 2.26. The van der Waals surface area contributed by atoms with Crippen LogP contribution in [0.3, 0.4) is 0 Å². The van der Waals surface area contributed by atoms with Crippen LogP contribution in [0.1, 0.15) is 0 Å². The highest BCUT2D eigenvalue weighted by Crippen LogP contribution is 2.33. The Morgan fingerprint density at radius 2 is 2.46 bits per heavy atom. The van der Waals surface area contributed by atoms with Gasteiger partial charge in [-0.05, 0) is 0 Å². The van der Waals surface area contributed by atoms with E-state index in [4.69, 9.17) is 12.6 Å². The van der Waals surface area contributed by atoms with Crippen LogP contribution in [0.15, 0.2) is 0 Å². The summed E-state index contributed by atoms with van der Waals surface area (Å²) < 4.78 is 22.3. The summed E-state index contributed by atoms with van der Waals surface area (Å²) in [6, 6.07) is -1.08. The number of hydrogen-bond acceptors (Lipinski definition) is 5. The van der Waals surface area contributed by atoms with Gasteiger partial charge < -0.3 is 14.4 Å². The molecule has 2 rings (SSSR count). The smallest absolute Gasteiger partial charge is 0.198 e. The first kappa shape index (κ1) is 10.5. The van der Waals surface area contributed by atoms with Gasteiger partial charge in [0.05, 0.1) is 0 Å². The molecule has 0 aromatic carbocycles. The van der Waals surface area contributed by atoms with E-state index in [9.17, 15) is 9.66 Å². The van der Waals surface area contributed by atoms with Crippen LogP contribution in [0, 0.1) is 0 Å². The van der Waals surface area contributed by atoms with Crippen LogP contribution in [0.4, 0.5) is 0 Å². The van der Waals surface area contributed by atoms with Gasteiger partial charge in [-0.1, -0.05) is 27.3 Å². The van der Waals surface area contributed by atoms with Crippen molar-refractivity contribution in [1.82, 2.24) is 9.44 Å². The molecule has 5 nitrogen and oxygen atoms in total. The third kappa shape index (κ3) is 1.52. The molecule has 2 radical (unpaired) electrons. The Balaban J connectivity index is 2.26. The van der Waals surface area contributed by atoms with Gasteiger partial charge >= 0.3 is 0 Å². The fraction of sp³-hybridized carbons (Fsp3) is 1.00. The molecule has 0 saturated carbocycles. The van der Waals surface area contributed by atoms with Gasteiger partial charge in [0.15, 0.2) is 5.72 Å². The van der Waals surface area contributed by atoms with Crippen molar-refractivity contribution in [2.75, 3.05) is 4.43 Å². The van der Waals surface area contributed by atoms with Gasteiger partial charge in [0, 0.05) is 10.4 Å². The SMILES string of the molecule is [B][C@@H]1O[C@@]2(CI)N[S+]([O-])NC1C2O. The molecule has 8 heteroatoms. The van der Waals surface area contributed by atoms with Crippen LogP contribution in [0.5, 0.6) is 0 Å². The van der Waals surface area contributed by atoms with Gasteiger partial charge in [0.2, 0.25) is 0 Å². The van der Waals surface area contributed by atoms with E-state index in [2.05, 4.69) is 32.0 Å². The van der Waals surface area contributed by atoms with Crippen molar-refractivity contribution in [3.63, 3.8) is 0 Å². The summed E-state index contributed by atoms with van der Waals surface area (Å²) in [7, 11) is 5.61. The van der Waals surface area contributed by atoms with E-state index in [1.807, 2.05) is 0 Å². The predicted molar refractivity (Wildman–Crippen MR) is 56.5 cm³/mol. The average molecular weight is 314 g/mol. The summed E-state index contributed by atoms with van der Waals surface area (Å²) in [6.45, 7) is 0. The number of ether oxygens (including phenoxy) is 1. The minimum atomic E-state index is -1.39. The molecule has 0 aromatic rings. The number of aliphatic hydroxyl groups excluding tert-OH is 1. The lowest BCUT2D eigenvalue weighted by molar-refractivity contribution is -0.0565. The normalized spacial score (nSPS) is 55.3. The number of hydrogen-bond donors (Lipinski definition) is 3. The zero-order valence-corrected chi connectivity index (χ0v) is 9.54. The Bertz CT molecular complexity index is 222. The molecule has 3 unspecified atom stereocenters. The van der Waals surface area contributed by atoms with Crippen LogP contribution in [0.2, 0.25) is 0 Å². The van der Waals surface area contributed by atoms with Gasteiger partial charge in [0.1, 0.15) is 31.5 Å². The molecular weight excluding hydrogens is 306 g/mol. The van der Waals surface area contributed by atoms with E-state index in [0.717, 1.165) is 0 Å². The van der Waals surface area contributed by atoms with E-state index in [-0.39, 0.29) is 0 Å². The van der Waals surface area contributed by atoms with Crippen LogP contribution in [0.25, 0.3) is 0 Å². The molecule has 2 aliphatic rings. The Morgan fingerprint density at radius 1 is 1.77 bits per heavy atom. The quantitative estimate of drug-likeness (QED) is 0.229. The second kappa shape index (κ2) is 3.51. The van der Waals surface area contributed by atoms with Gasteiger partial charge in [-0.2, -0.15) is 0 Å². The molecule has 13 heavy (non-hydrogen) atoms. The third-order valence-corrected chi connectivity index (χ3v) is 4.38. The molecule has 3 N–H and O–H groups in total. The maximum atomic E-state index is 11.2. The number of fused-ring (bicyclic) bond motifs is 2. The lowest BCUT2D eigenvalue weighted by atomic mass is 9.91. The largest absolute Gasteiger partial charge is 0.579 e. The Kier molecular flexibility index (Phi) is 2.82. The lowest BCUT2D eigenvalue weighted by Crippen LogP contribution is -2.67. The van der Waals surface area contributed by atoms with Gasteiger partial charge in [-0.3, -0.25) is 0 Å². The Hall–Kier alpha value is 0.945. The molecule has 2 fully saturated rings. The number of aliphatic hydroxyl groups is 1. The molecule has 2 saturated heterocycles. The van der Waals surface area contributed by atoms with Crippen molar-refractivity contribution < 1.29 is 14.4 Å². The van der Waals surface area contributed by atoms with Crippen molar-refractivity contribution >= 4 is 42.0 Å². The lowest BCUT2D eigenvalue weighted by Gasteiger charge is -2.34. The van der Waals surface area contributed by atoms with Gasteiger partial charge in [0.25, 0.3) is 0 Å². The van der Waals surface area contributed by atoms with Crippen molar-refractivity contribution in [1.29, 1.82) is 0 Å². The van der Waals surface area contributed by atoms with Crippen LogP contribution in [-0.2, 0) is 16.3 Å². The number of halogens is 1. The molecule has 0 amide bonds. The summed E-state index contributed by atoms with van der Waals surface area (Å²) in [5, 5.41) is 9.78. The minimum Gasteiger partial charge on any atom is -0.579 e. The Labute approximate surface area is 94.0 Å². The zero-order valence-electron chi connectivity index (χ0n) is 6.57. The monoisotopic (exact) mass is 314 g/mol. The van der Waals surface area contributed by atoms with E-state index < -0.39 is 35.4 Å². The van der Waals surface area contributed by atoms with Crippen molar-refractivity contribution in [2.45, 2.75) is 23.9 Å². The molecule has 0 aliphatic carbocycles. The summed E-state index contributed by atoms with van der Waals surface area (Å²) in [5.41, 5.74) is -0.958. The molecule has 2 bridgehead atoms. The van der Waals surface area contributed by atoms with E-state index in [1.54, 1.807) is 0 Å². The maximum absolute atomic E-state index is 11.2. The van der Waals surface area contributed by atoms with E-state index in [1.165, 1.54) is 0 Å². The summed E-state index contributed by atoms with van der Waals surface area (Å²) in [6.07, 6.45) is -0.767. The molecule has 2 aliphatic heterocycles.